The normalized spacial score (nSPS) is 22.0. The van der Waals surface area contributed by atoms with Crippen molar-refractivity contribution < 1.29 is 19.1 Å². The van der Waals surface area contributed by atoms with E-state index in [2.05, 4.69) is 4.90 Å². The van der Waals surface area contributed by atoms with Gasteiger partial charge in [0.05, 0.1) is 37.6 Å². The molecule has 1 atom stereocenters. The van der Waals surface area contributed by atoms with Gasteiger partial charge in [-0.05, 0) is 12.1 Å². The Morgan fingerprint density at radius 1 is 1.23 bits per heavy atom. The van der Waals surface area contributed by atoms with Crippen LogP contribution in [-0.2, 0) is 19.1 Å². The van der Waals surface area contributed by atoms with Crippen LogP contribution in [0.2, 0.25) is 0 Å². The molecule has 0 bridgehead atoms. The first-order chi connectivity index (χ1) is 10.7. The highest BCUT2D eigenvalue weighted by atomic mass is 16.5. The number of amides is 1. The molecule has 2 aliphatic heterocycles. The lowest BCUT2D eigenvalue weighted by atomic mass is 10.1. The zero-order valence-electron chi connectivity index (χ0n) is 12.7. The van der Waals surface area contributed by atoms with E-state index >= 15 is 0 Å². The van der Waals surface area contributed by atoms with Crippen LogP contribution < -0.4 is 9.80 Å². The molecule has 118 valence electrons. The highest BCUT2D eigenvalue weighted by Gasteiger charge is 2.37. The standard InChI is InChI=1S/C16H20N2O4/c1-21-16(20)12-10-15(19)18(11-12)14-5-3-2-4-13(14)17-6-8-22-9-7-17/h2-5,12H,6-11H2,1H3. The number of carbonyl (C=O) groups is 2. The van der Waals surface area contributed by atoms with Gasteiger partial charge in [0.1, 0.15) is 0 Å². The molecular weight excluding hydrogens is 284 g/mol. The van der Waals surface area contributed by atoms with Crippen molar-refractivity contribution in [3.63, 3.8) is 0 Å². The molecule has 1 amide bonds. The average Bonchev–Trinajstić information content (AvgIpc) is 2.96. The van der Waals surface area contributed by atoms with Gasteiger partial charge in [0.2, 0.25) is 5.91 Å². The Hall–Kier alpha value is -2.08. The molecule has 2 heterocycles. The van der Waals surface area contributed by atoms with Crippen molar-refractivity contribution in [1.82, 2.24) is 0 Å². The van der Waals surface area contributed by atoms with Crippen LogP contribution in [0.25, 0.3) is 0 Å². The second kappa shape index (κ2) is 6.36. The lowest BCUT2D eigenvalue weighted by molar-refractivity contribution is -0.145. The first-order valence-corrected chi connectivity index (χ1v) is 7.50. The van der Waals surface area contributed by atoms with Gasteiger partial charge in [-0.25, -0.2) is 0 Å². The molecule has 6 nitrogen and oxygen atoms in total. The van der Waals surface area contributed by atoms with Crippen molar-refractivity contribution in [2.45, 2.75) is 6.42 Å². The number of hydrogen-bond acceptors (Lipinski definition) is 5. The van der Waals surface area contributed by atoms with Gasteiger partial charge in [-0.2, -0.15) is 0 Å². The molecule has 2 saturated heterocycles. The molecular formula is C16H20N2O4. The van der Waals surface area contributed by atoms with Crippen LogP contribution in [0, 0.1) is 5.92 Å². The molecule has 22 heavy (non-hydrogen) atoms. The van der Waals surface area contributed by atoms with Gasteiger partial charge in [0.15, 0.2) is 0 Å². The zero-order valence-corrected chi connectivity index (χ0v) is 12.7. The molecule has 2 aliphatic rings. The minimum absolute atomic E-state index is 0.0314. The number of methoxy groups -OCH3 is 1. The summed E-state index contributed by atoms with van der Waals surface area (Å²) in [6.07, 6.45) is 0.212. The topological polar surface area (TPSA) is 59.1 Å². The molecule has 1 aromatic carbocycles. The van der Waals surface area contributed by atoms with Crippen LogP contribution in [0.4, 0.5) is 11.4 Å². The number of hydrogen-bond donors (Lipinski definition) is 0. The van der Waals surface area contributed by atoms with Gasteiger partial charge in [-0.15, -0.1) is 0 Å². The molecule has 1 unspecified atom stereocenters. The van der Waals surface area contributed by atoms with E-state index in [1.807, 2.05) is 24.3 Å². The Bertz CT molecular complexity index is 569. The SMILES string of the molecule is COC(=O)C1CC(=O)N(c2ccccc2N2CCOCC2)C1. The van der Waals surface area contributed by atoms with Crippen molar-refractivity contribution in [2.24, 2.45) is 5.92 Å². The lowest BCUT2D eigenvalue weighted by Gasteiger charge is -2.32. The number of para-hydroxylation sites is 2. The summed E-state index contributed by atoms with van der Waals surface area (Å²) in [5, 5.41) is 0. The monoisotopic (exact) mass is 304 g/mol. The number of anilines is 2. The van der Waals surface area contributed by atoms with Gasteiger partial charge in [-0.1, -0.05) is 12.1 Å². The number of esters is 1. The molecule has 1 aromatic rings. The molecule has 6 heteroatoms. The summed E-state index contributed by atoms with van der Waals surface area (Å²) >= 11 is 0. The summed E-state index contributed by atoms with van der Waals surface area (Å²) in [5.41, 5.74) is 1.88. The second-order valence-electron chi connectivity index (χ2n) is 5.52. The van der Waals surface area contributed by atoms with E-state index in [0.717, 1.165) is 24.5 Å². The molecule has 0 aliphatic carbocycles. The van der Waals surface area contributed by atoms with Crippen molar-refractivity contribution in [3.8, 4) is 0 Å². The van der Waals surface area contributed by atoms with E-state index in [1.165, 1.54) is 7.11 Å². The van der Waals surface area contributed by atoms with Crippen LogP contribution in [0.3, 0.4) is 0 Å². The van der Waals surface area contributed by atoms with E-state index in [-0.39, 0.29) is 24.2 Å². The Labute approximate surface area is 129 Å². The van der Waals surface area contributed by atoms with E-state index in [9.17, 15) is 9.59 Å². The predicted molar refractivity (Wildman–Crippen MR) is 82.0 cm³/mol. The van der Waals surface area contributed by atoms with Crippen LogP contribution >= 0.6 is 0 Å². The van der Waals surface area contributed by atoms with Gasteiger partial charge in [0.25, 0.3) is 0 Å². The van der Waals surface area contributed by atoms with E-state index < -0.39 is 0 Å². The van der Waals surface area contributed by atoms with Crippen LogP contribution in [-0.4, -0.2) is 51.8 Å². The molecule has 0 saturated carbocycles. The maximum atomic E-state index is 12.3. The largest absolute Gasteiger partial charge is 0.469 e. The fraction of sp³-hybridized carbons (Fsp3) is 0.500. The second-order valence-corrected chi connectivity index (χ2v) is 5.52. The fourth-order valence-corrected chi connectivity index (χ4v) is 3.03. The van der Waals surface area contributed by atoms with Crippen molar-refractivity contribution in [3.05, 3.63) is 24.3 Å². The average molecular weight is 304 g/mol. The van der Waals surface area contributed by atoms with Crippen molar-refractivity contribution in [2.75, 3.05) is 49.8 Å². The number of morpholine rings is 1. The predicted octanol–water partition coefficient (Wildman–Crippen LogP) is 1.05. The first-order valence-electron chi connectivity index (χ1n) is 7.50. The Balaban J connectivity index is 1.85. The maximum absolute atomic E-state index is 12.3. The van der Waals surface area contributed by atoms with Gasteiger partial charge >= 0.3 is 5.97 Å². The molecule has 0 N–H and O–H groups in total. The summed E-state index contributed by atoms with van der Waals surface area (Å²) in [6.45, 7) is 3.37. The smallest absolute Gasteiger partial charge is 0.311 e. The van der Waals surface area contributed by atoms with Gasteiger partial charge in [-0.3, -0.25) is 9.59 Å². The quantitative estimate of drug-likeness (QED) is 0.781. The first kappa shape index (κ1) is 14.8. The molecule has 2 fully saturated rings. The van der Waals surface area contributed by atoms with Crippen molar-refractivity contribution >= 4 is 23.3 Å². The minimum atomic E-state index is -0.379. The van der Waals surface area contributed by atoms with Gasteiger partial charge < -0.3 is 19.3 Å². The number of benzene rings is 1. The van der Waals surface area contributed by atoms with Crippen molar-refractivity contribution in [1.29, 1.82) is 0 Å². The zero-order chi connectivity index (χ0) is 15.5. The molecule has 0 radical (unpaired) electrons. The number of nitrogens with zero attached hydrogens (tertiary/aromatic N) is 2. The molecule has 0 aromatic heterocycles. The highest BCUT2D eigenvalue weighted by molar-refractivity contribution is 6.01. The lowest BCUT2D eigenvalue weighted by Crippen LogP contribution is -2.38. The van der Waals surface area contributed by atoms with E-state index in [1.54, 1.807) is 4.90 Å². The summed E-state index contributed by atoms with van der Waals surface area (Å²) in [4.78, 5) is 27.9. The summed E-state index contributed by atoms with van der Waals surface area (Å²) in [6, 6.07) is 7.83. The summed E-state index contributed by atoms with van der Waals surface area (Å²) in [5.74, 6) is -0.731. The fourth-order valence-electron chi connectivity index (χ4n) is 3.03. The number of carbonyl (C=O) groups excluding carboxylic acids is 2. The van der Waals surface area contributed by atoms with Gasteiger partial charge in [0, 0.05) is 26.1 Å². The third-order valence-electron chi connectivity index (χ3n) is 4.18. The molecule has 0 spiro atoms. The maximum Gasteiger partial charge on any atom is 0.311 e. The number of rotatable bonds is 3. The van der Waals surface area contributed by atoms with Crippen LogP contribution in [0.5, 0.6) is 0 Å². The Kier molecular flexibility index (Phi) is 4.29. The molecule has 3 rings (SSSR count). The summed E-state index contributed by atoms with van der Waals surface area (Å²) < 4.78 is 10.2. The van der Waals surface area contributed by atoms with Crippen LogP contribution in [0.15, 0.2) is 24.3 Å². The third kappa shape index (κ3) is 2.78. The highest BCUT2D eigenvalue weighted by Crippen LogP contribution is 2.34. The number of ether oxygens (including phenoxy) is 2. The van der Waals surface area contributed by atoms with E-state index in [4.69, 9.17) is 9.47 Å². The van der Waals surface area contributed by atoms with Crippen LogP contribution in [0.1, 0.15) is 6.42 Å². The van der Waals surface area contributed by atoms with E-state index in [0.29, 0.717) is 19.8 Å². The minimum Gasteiger partial charge on any atom is -0.469 e. The summed E-state index contributed by atoms with van der Waals surface area (Å²) in [7, 11) is 1.36. The Morgan fingerprint density at radius 3 is 2.59 bits per heavy atom. The Morgan fingerprint density at radius 2 is 1.91 bits per heavy atom. The third-order valence-corrected chi connectivity index (χ3v) is 4.18.